The van der Waals surface area contributed by atoms with Crippen molar-refractivity contribution in [3.05, 3.63) is 175 Å². The molecule has 0 N–H and O–H groups in total. The van der Waals surface area contributed by atoms with Crippen molar-refractivity contribution in [3.63, 3.8) is 0 Å². The number of hydrogen-bond acceptors (Lipinski definition) is 1. The lowest BCUT2D eigenvalue weighted by Gasteiger charge is -2.22. The van der Waals surface area contributed by atoms with E-state index in [1.807, 2.05) is 0 Å². The summed E-state index contributed by atoms with van der Waals surface area (Å²) in [6, 6.07) is 60.2. The van der Waals surface area contributed by atoms with Crippen LogP contribution in [0.4, 0.5) is 0 Å². The lowest BCUT2D eigenvalue weighted by molar-refractivity contribution is 0.660. The van der Waals surface area contributed by atoms with Crippen molar-refractivity contribution < 1.29 is 0 Å². The van der Waals surface area contributed by atoms with E-state index in [0.717, 1.165) is 22.5 Å². The number of rotatable bonds is 3. The van der Waals surface area contributed by atoms with E-state index in [4.69, 9.17) is 4.98 Å². The molecule has 0 saturated heterocycles. The topological polar surface area (TPSA) is 22.2 Å². The van der Waals surface area contributed by atoms with Gasteiger partial charge in [0.25, 0.3) is 0 Å². The van der Waals surface area contributed by atoms with Crippen molar-refractivity contribution in [2.45, 2.75) is 19.3 Å². The van der Waals surface area contributed by atoms with Crippen LogP contribution in [0.5, 0.6) is 0 Å². The molecule has 0 saturated carbocycles. The summed E-state index contributed by atoms with van der Waals surface area (Å²) >= 11 is 0. The van der Waals surface area contributed by atoms with Gasteiger partial charge in [0.15, 0.2) is 0 Å². The van der Waals surface area contributed by atoms with Crippen molar-refractivity contribution in [2.75, 3.05) is 0 Å². The average molecular weight is 676 g/mol. The molecule has 0 spiro atoms. The van der Waals surface area contributed by atoms with E-state index in [-0.39, 0.29) is 5.41 Å². The Balaban J connectivity index is 0.992. The fourth-order valence-electron chi connectivity index (χ4n) is 9.59. The third kappa shape index (κ3) is 3.81. The van der Waals surface area contributed by atoms with Gasteiger partial charge in [-0.05, 0) is 76.9 Å². The zero-order chi connectivity index (χ0) is 35.0. The van der Waals surface area contributed by atoms with Gasteiger partial charge < -0.3 is 8.97 Å². The van der Waals surface area contributed by atoms with Crippen molar-refractivity contribution in [1.29, 1.82) is 0 Å². The van der Waals surface area contributed by atoms with E-state index in [2.05, 4.69) is 187 Å². The Labute approximate surface area is 306 Å². The molecule has 4 heterocycles. The van der Waals surface area contributed by atoms with E-state index in [1.54, 1.807) is 0 Å². The van der Waals surface area contributed by atoms with Gasteiger partial charge in [0.1, 0.15) is 0 Å². The predicted molar refractivity (Wildman–Crippen MR) is 222 cm³/mol. The molecule has 4 aromatic heterocycles. The minimum Gasteiger partial charge on any atom is -0.309 e. The third-order valence-corrected chi connectivity index (χ3v) is 12.1. The molecule has 0 aliphatic heterocycles. The average Bonchev–Trinajstić information content (AvgIpc) is 3.91. The van der Waals surface area contributed by atoms with Crippen LogP contribution >= 0.6 is 0 Å². The molecule has 1 aliphatic carbocycles. The van der Waals surface area contributed by atoms with Crippen LogP contribution in [0.2, 0.25) is 0 Å². The Morgan fingerprint density at radius 3 is 1.85 bits per heavy atom. The van der Waals surface area contributed by atoms with Gasteiger partial charge in [0, 0.05) is 54.5 Å². The maximum absolute atomic E-state index is 5.30. The minimum atomic E-state index is -0.0602. The second-order valence-electron chi connectivity index (χ2n) is 15.2. The lowest BCUT2D eigenvalue weighted by atomic mass is 9.82. The molecular weight excluding hydrogens is 643 g/mol. The first-order valence-electron chi connectivity index (χ1n) is 18.5. The molecule has 53 heavy (non-hydrogen) atoms. The first-order valence-corrected chi connectivity index (χ1v) is 18.5. The van der Waals surface area contributed by atoms with Gasteiger partial charge in [0.2, 0.25) is 0 Å². The summed E-state index contributed by atoms with van der Waals surface area (Å²) in [6.45, 7) is 4.70. The van der Waals surface area contributed by atoms with Crippen LogP contribution in [0.25, 0.3) is 99.2 Å². The number of aromatic nitrogens is 3. The van der Waals surface area contributed by atoms with Crippen LogP contribution < -0.4 is 0 Å². The molecule has 0 fully saturated rings. The molecule has 12 rings (SSSR count). The second-order valence-corrected chi connectivity index (χ2v) is 15.2. The van der Waals surface area contributed by atoms with Crippen LogP contribution in [-0.4, -0.2) is 14.0 Å². The largest absolute Gasteiger partial charge is 0.309 e. The van der Waals surface area contributed by atoms with Gasteiger partial charge >= 0.3 is 0 Å². The van der Waals surface area contributed by atoms with Crippen molar-refractivity contribution in [3.8, 4) is 39.3 Å². The third-order valence-electron chi connectivity index (χ3n) is 12.1. The number of fused-ring (bicyclic) bond motifs is 12. The number of para-hydroxylation sites is 3. The highest BCUT2D eigenvalue weighted by Gasteiger charge is 2.35. The summed E-state index contributed by atoms with van der Waals surface area (Å²) in [4.78, 5) is 5.30. The van der Waals surface area contributed by atoms with Gasteiger partial charge in [0.05, 0.1) is 39.0 Å². The lowest BCUT2D eigenvalue weighted by Crippen LogP contribution is -2.15. The fourth-order valence-corrected chi connectivity index (χ4v) is 9.59. The molecule has 11 aromatic rings. The smallest absolute Gasteiger partial charge is 0.0710 e. The molecule has 248 valence electrons. The van der Waals surface area contributed by atoms with E-state index in [1.165, 1.54) is 87.8 Å². The van der Waals surface area contributed by atoms with Crippen molar-refractivity contribution >= 4 is 59.9 Å². The summed E-state index contributed by atoms with van der Waals surface area (Å²) in [6.07, 6.45) is 0. The first-order chi connectivity index (χ1) is 26.0. The molecular formula is C50H33N3. The summed E-state index contributed by atoms with van der Waals surface area (Å²) in [7, 11) is 0. The van der Waals surface area contributed by atoms with Crippen LogP contribution in [0.15, 0.2) is 164 Å². The predicted octanol–water partition coefficient (Wildman–Crippen LogP) is 13.0. The van der Waals surface area contributed by atoms with E-state index >= 15 is 0 Å². The molecule has 3 heteroatoms. The number of benzene rings is 7. The van der Waals surface area contributed by atoms with Crippen molar-refractivity contribution in [1.82, 2.24) is 14.0 Å². The molecule has 0 amide bonds. The Morgan fingerprint density at radius 2 is 1.02 bits per heavy atom. The molecule has 0 unspecified atom stereocenters. The Morgan fingerprint density at radius 1 is 0.415 bits per heavy atom. The zero-order valence-electron chi connectivity index (χ0n) is 29.4. The number of pyridine rings is 1. The molecule has 7 aromatic carbocycles. The molecule has 3 nitrogen and oxygen atoms in total. The zero-order valence-corrected chi connectivity index (χ0v) is 29.4. The quantitative estimate of drug-likeness (QED) is 0.183. The normalized spacial score (nSPS) is 13.6. The van der Waals surface area contributed by atoms with Gasteiger partial charge in [-0.25, -0.2) is 4.98 Å². The monoisotopic (exact) mass is 675 g/mol. The fraction of sp³-hybridized carbons (Fsp3) is 0.0600. The van der Waals surface area contributed by atoms with Crippen LogP contribution in [0.3, 0.4) is 0 Å². The van der Waals surface area contributed by atoms with Gasteiger partial charge in [-0.15, -0.1) is 0 Å². The standard InChI is InChI=1S/C50H33N3/c1-50(2)41-16-6-3-11-33(41)34-25-23-32(29-42(34)50)52-45-19-7-5-13-36(45)40-27-30(22-26-47(40)52)43-17-10-18-44(51-43)31-21-24-37-39-15-9-14-38-35-12-4-8-20-46(35)53(49(38)39)48(37)28-31/h3-29H,1-2H3. The van der Waals surface area contributed by atoms with Gasteiger partial charge in [-0.2, -0.15) is 0 Å². The van der Waals surface area contributed by atoms with E-state index in [0.29, 0.717) is 0 Å². The van der Waals surface area contributed by atoms with Crippen LogP contribution in [-0.2, 0) is 5.41 Å². The van der Waals surface area contributed by atoms with Gasteiger partial charge in [-0.1, -0.05) is 123 Å². The van der Waals surface area contributed by atoms with Crippen LogP contribution in [0.1, 0.15) is 25.0 Å². The number of hydrogen-bond donors (Lipinski definition) is 0. The highest BCUT2D eigenvalue weighted by Crippen LogP contribution is 2.49. The maximum atomic E-state index is 5.30. The SMILES string of the molecule is CC1(C)c2ccccc2-c2ccc(-n3c4ccccc4c4cc(-c5cccc(-c6ccc7c8cccc9c%10ccccc%10n(c7c6)c98)n5)ccc43)cc21. The minimum absolute atomic E-state index is 0.0602. The molecule has 0 radical (unpaired) electrons. The highest BCUT2D eigenvalue weighted by molar-refractivity contribution is 6.23. The maximum Gasteiger partial charge on any atom is 0.0710 e. The number of nitrogens with zero attached hydrogens (tertiary/aromatic N) is 3. The molecule has 0 atom stereocenters. The Kier molecular flexibility index (Phi) is 5.57. The molecule has 1 aliphatic rings. The summed E-state index contributed by atoms with van der Waals surface area (Å²) in [5.74, 6) is 0. The summed E-state index contributed by atoms with van der Waals surface area (Å²) < 4.78 is 4.87. The van der Waals surface area contributed by atoms with E-state index < -0.39 is 0 Å². The first kappa shape index (κ1) is 28.9. The Hall–Kier alpha value is -6.71. The summed E-state index contributed by atoms with van der Waals surface area (Å²) in [5.41, 5.74) is 16.9. The van der Waals surface area contributed by atoms with Gasteiger partial charge in [-0.3, -0.25) is 0 Å². The second kappa shape index (κ2) is 10.2. The summed E-state index contributed by atoms with van der Waals surface area (Å²) in [5, 5.41) is 7.64. The van der Waals surface area contributed by atoms with Crippen molar-refractivity contribution in [2.24, 2.45) is 0 Å². The van der Waals surface area contributed by atoms with E-state index in [9.17, 15) is 0 Å². The Bertz CT molecular complexity index is 3320. The highest BCUT2D eigenvalue weighted by atomic mass is 15.0. The molecule has 0 bridgehead atoms. The van der Waals surface area contributed by atoms with Crippen LogP contribution in [0, 0.1) is 0 Å².